The number of carboxylic acid groups (broad SMARTS) is 1. The van der Waals surface area contributed by atoms with Crippen LogP contribution in [0.5, 0.6) is 0 Å². The molecule has 0 radical (unpaired) electrons. The molecule has 0 heterocycles. The number of rotatable bonds is 1. The molecule has 0 saturated carbocycles. The van der Waals surface area contributed by atoms with E-state index < -0.39 is 12.1 Å². The monoisotopic (exact) mass is 180 g/mol. The van der Waals surface area contributed by atoms with Crippen molar-refractivity contribution in [3.63, 3.8) is 0 Å². The van der Waals surface area contributed by atoms with Crippen molar-refractivity contribution in [3.8, 4) is 0 Å². The molecule has 0 aromatic carbocycles. The van der Waals surface area contributed by atoms with E-state index in [0.717, 1.165) is 0 Å². The fraction of sp³-hybridized carbons (Fsp3) is 0.667. The zero-order chi connectivity index (χ0) is 5.15. The predicted molar refractivity (Wildman–Crippen MR) is 43.7 cm³/mol. The van der Waals surface area contributed by atoms with E-state index in [9.17, 15) is 4.79 Å². The quantitative estimate of drug-likeness (QED) is 0.461. The van der Waals surface area contributed by atoms with Gasteiger partial charge in [0.1, 0.15) is 6.10 Å². The molecule has 1 atom stereocenters. The zero-order valence-corrected chi connectivity index (χ0v) is 4.60. The molecule has 0 rings (SSSR count). The van der Waals surface area contributed by atoms with Crippen LogP contribution in [0.15, 0.2) is 0 Å². The third-order valence-electron chi connectivity index (χ3n) is 0.357. The number of carboxylic acids is 1. The molecule has 1 unspecified atom stereocenters. The van der Waals surface area contributed by atoms with Crippen molar-refractivity contribution < 1.29 is 15.0 Å². The summed E-state index contributed by atoms with van der Waals surface area (Å²) in [6.45, 7) is 1.20. The number of aliphatic carboxylic acids is 1. The van der Waals surface area contributed by atoms with Gasteiger partial charge in [0.15, 0.2) is 17.4 Å². The number of carbonyl (C=O) groups is 1. The first kappa shape index (κ1) is 22.5. The van der Waals surface area contributed by atoms with Crippen LogP contribution in [0.4, 0.5) is 0 Å². The molecule has 0 spiro atoms. The van der Waals surface area contributed by atoms with Crippen molar-refractivity contribution in [2.24, 2.45) is 0 Å². The van der Waals surface area contributed by atoms with E-state index in [1.807, 2.05) is 0 Å². The van der Waals surface area contributed by atoms with E-state index in [-0.39, 0.29) is 59.3 Å². The van der Waals surface area contributed by atoms with Crippen molar-refractivity contribution in [2.45, 2.75) is 13.0 Å². The summed E-state index contributed by atoms with van der Waals surface area (Å²) in [5.41, 5.74) is 0. The Morgan fingerprint density at radius 3 is 1.67 bits per heavy atom. The summed E-state index contributed by atoms with van der Waals surface area (Å²) in [4.78, 5) is 9.45. The SMILES string of the molecule is CC(O)C(=O)O.Cl.[AlH3].[NaH]. The van der Waals surface area contributed by atoms with Crippen molar-refractivity contribution in [1.82, 2.24) is 0 Å². The third-order valence-corrected chi connectivity index (χ3v) is 0.357. The molecule has 52 valence electrons. The topological polar surface area (TPSA) is 57.5 Å². The van der Waals surface area contributed by atoms with E-state index in [1.54, 1.807) is 0 Å². The second-order valence-corrected chi connectivity index (χ2v) is 1.01. The Bertz CT molecular complexity index is 70.1. The molecule has 0 aromatic heterocycles. The molecule has 0 bridgehead atoms. The molecule has 0 aliphatic carbocycles. The van der Waals surface area contributed by atoms with Gasteiger partial charge in [-0.25, -0.2) is 4.79 Å². The Kier molecular flexibility index (Phi) is 29.9. The first-order chi connectivity index (χ1) is 2.64. The van der Waals surface area contributed by atoms with Crippen LogP contribution < -0.4 is 0 Å². The summed E-state index contributed by atoms with van der Waals surface area (Å²) < 4.78 is 0. The van der Waals surface area contributed by atoms with Gasteiger partial charge in [0.2, 0.25) is 0 Å². The zero-order valence-electron chi connectivity index (χ0n) is 3.79. The number of hydrogen-bond acceptors (Lipinski definition) is 2. The molecule has 0 aromatic rings. The van der Waals surface area contributed by atoms with Crippen LogP contribution in [0.2, 0.25) is 0 Å². The first-order valence-electron chi connectivity index (χ1n) is 1.55. The van der Waals surface area contributed by atoms with E-state index in [2.05, 4.69) is 0 Å². The molecule has 3 nitrogen and oxygen atoms in total. The number of halogens is 1. The Morgan fingerprint density at radius 2 is 1.67 bits per heavy atom. The van der Waals surface area contributed by atoms with Gasteiger partial charge in [-0.15, -0.1) is 12.4 Å². The summed E-state index contributed by atoms with van der Waals surface area (Å²) in [6, 6.07) is 0. The molecule has 0 saturated heterocycles. The number of aliphatic hydroxyl groups is 1. The van der Waals surface area contributed by atoms with Crippen LogP contribution in [0.3, 0.4) is 0 Å². The number of aliphatic hydroxyl groups excluding tert-OH is 1. The number of hydrogen-bond donors (Lipinski definition) is 2. The van der Waals surface area contributed by atoms with Gasteiger partial charge in [-0.3, -0.25) is 0 Å². The van der Waals surface area contributed by atoms with Crippen molar-refractivity contribution >= 4 is 65.3 Å². The van der Waals surface area contributed by atoms with Crippen LogP contribution in [-0.4, -0.2) is 69.2 Å². The minimum absolute atomic E-state index is 0. The Labute approximate surface area is 92.7 Å². The average Bonchev–Trinajstić information content (AvgIpc) is 1.36. The first-order valence-corrected chi connectivity index (χ1v) is 1.55. The van der Waals surface area contributed by atoms with Gasteiger partial charge in [0.25, 0.3) is 0 Å². The second kappa shape index (κ2) is 12.0. The second-order valence-electron chi connectivity index (χ2n) is 1.01. The normalized spacial score (nSPS) is 9.11. The maximum atomic E-state index is 9.45. The molecule has 2 N–H and O–H groups in total. The molecular formula is C3H11AlClNaO3. The van der Waals surface area contributed by atoms with Gasteiger partial charge in [-0.2, -0.15) is 0 Å². The van der Waals surface area contributed by atoms with Gasteiger partial charge in [-0.05, 0) is 6.92 Å². The molecule has 0 aliphatic heterocycles. The Balaban J connectivity index is -0.0000000417. The van der Waals surface area contributed by atoms with Gasteiger partial charge < -0.3 is 10.2 Å². The third kappa shape index (κ3) is 17.6. The van der Waals surface area contributed by atoms with E-state index in [4.69, 9.17) is 10.2 Å². The van der Waals surface area contributed by atoms with Crippen molar-refractivity contribution in [3.05, 3.63) is 0 Å². The minimum atomic E-state index is -1.23. The van der Waals surface area contributed by atoms with Gasteiger partial charge in [0.05, 0.1) is 0 Å². The van der Waals surface area contributed by atoms with Crippen LogP contribution in [0.1, 0.15) is 6.92 Å². The molecule has 0 fully saturated rings. The van der Waals surface area contributed by atoms with E-state index >= 15 is 0 Å². The van der Waals surface area contributed by atoms with Crippen LogP contribution in [-0.2, 0) is 4.79 Å². The summed E-state index contributed by atoms with van der Waals surface area (Å²) in [7, 11) is 0. The molecule has 6 heteroatoms. The predicted octanol–water partition coefficient (Wildman–Crippen LogP) is -1.96. The fourth-order valence-electron chi connectivity index (χ4n) is 0. The summed E-state index contributed by atoms with van der Waals surface area (Å²) in [5.74, 6) is -1.19. The molecule has 9 heavy (non-hydrogen) atoms. The van der Waals surface area contributed by atoms with Gasteiger partial charge in [0, 0.05) is 0 Å². The molecule has 0 amide bonds. The van der Waals surface area contributed by atoms with Crippen molar-refractivity contribution in [1.29, 1.82) is 0 Å². The molecule has 0 aliphatic rings. The average molecular weight is 181 g/mol. The summed E-state index contributed by atoms with van der Waals surface area (Å²) in [6.07, 6.45) is -1.23. The van der Waals surface area contributed by atoms with E-state index in [0.29, 0.717) is 0 Å². The molecular weight excluding hydrogens is 169 g/mol. The Hall–Kier alpha value is 1.25. The fourth-order valence-corrected chi connectivity index (χ4v) is 0. The van der Waals surface area contributed by atoms with Gasteiger partial charge >= 0.3 is 35.5 Å². The summed E-state index contributed by atoms with van der Waals surface area (Å²) >= 11 is 0. The standard InChI is InChI=1S/C3H6O3.Al.ClH.Na.4H/c1-2(4)3(5)6;;;;;;;/h2,4H,1H3,(H,5,6);;1H;;;;;. The Morgan fingerprint density at radius 1 is 1.56 bits per heavy atom. The van der Waals surface area contributed by atoms with Crippen LogP contribution in [0.25, 0.3) is 0 Å². The maximum absolute atomic E-state index is 9.45. The van der Waals surface area contributed by atoms with Crippen molar-refractivity contribution in [2.75, 3.05) is 0 Å². The van der Waals surface area contributed by atoms with E-state index in [1.165, 1.54) is 6.92 Å². The van der Waals surface area contributed by atoms with Crippen LogP contribution in [0, 0.1) is 0 Å². The van der Waals surface area contributed by atoms with Crippen LogP contribution >= 0.6 is 12.4 Å². The van der Waals surface area contributed by atoms with Gasteiger partial charge in [-0.1, -0.05) is 0 Å². The summed E-state index contributed by atoms with van der Waals surface area (Å²) in [5, 5.41) is 15.8.